The van der Waals surface area contributed by atoms with Crippen molar-refractivity contribution in [3.05, 3.63) is 0 Å². The first kappa shape index (κ1) is 10.2. The van der Waals surface area contributed by atoms with Crippen molar-refractivity contribution >= 4 is 11.6 Å². The molecule has 0 bridgehead atoms. The van der Waals surface area contributed by atoms with Gasteiger partial charge in [0.15, 0.2) is 0 Å². The van der Waals surface area contributed by atoms with Crippen LogP contribution in [0.25, 0.3) is 0 Å². The molecule has 0 aromatic heterocycles. The van der Waals surface area contributed by atoms with Crippen LogP contribution in [-0.4, -0.2) is 28.3 Å². The summed E-state index contributed by atoms with van der Waals surface area (Å²) >= 11 is 5.32. The van der Waals surface area contributed by atoms with Crippen molar-refractivity contribution in [2.75, 3.05) is 5.88 Å². The summed E-state index contributed by atoms with van der Waals surface area (Å²) in [5, 5.41) is 18.1. The van der Waals surface area contributed by atoms with Gasteiger partial charge in [0.05, 0.1) is 18.1 Å². The normalized spacial score (nSPS) is 16.8. The molecule has 62 valence electrons. The quantitative estimate of drug-likeness (QED) is 0.602. The number of aliphatic hydroxyl groups is 2. The summed E-state index contributed by atoms with van der Waals surface area (Å²) in [4.78, 5) is 0. The highest BCUT2D eigenvalue weighted by atomic mass is 35.5. The van der Waals surface area contributed by atoms with Crippen LogP contribution < -0.4 is 0 Å². The molecule has 0 heterocycles. The largest absolute Gasteiger partial charge is 0.390 e. The molecule has 0 spiro atoms. The Morgan fingerprint density at radius 2 is 1.90 bits per heavy atom. The first-order valence-electron chi connectivity index (χ1n) is 3.64. The first-order valence-corrected chi connectivity index (χ1v) is 4.18. The van der Waals surface area contributed by atoms with E-state index in [1.165, 1.54) is 0 Å². The zero-order chi connectivity index (χ0) is 7.98. The molecule has 0 rings (SSSR count). The summed E-state index contributed by atoms with van der Waals surface area (Å²) < 4.78 is 0. The van der Waals surface area contributed by atoms with Crippen molar-refractivity contribution in [3.63, 3.8) is 0 Å². The van der Waals surface area contributed by atoms with Gasteiger partial charge in [-0.15, -0.1) is 11.6 Å². The highest BCUT2D eigenvalue weighted by molar-refractivity contribution is 6.18. The number of aliphatic hydroxyl groups excluding tert-OH is 2. The zero-order valence-electron chi connectivity index (χ0n) is 6.26. The molecule has 10 heavy (non-hydrogen) atoms. The highest BCUT2D eigenvalue weighted by Crippen LogP contribution is 2.05. The number of hydrogen-bond donors (Lipinski definition) is 2. The van der Waals surface area contributed by atoms with Gasteiger partial charge in [-0.3, -0.25) is 0 Å². The third kappa shape index (κ3) is 4.09. The predicted octanol–water partition coefficient (Wildman–Crippen LogP) is 1.14. The van der Waals surface area contributed by atoms with Crippen LogP contribution in [0.15, 0.2) is 0 Å². The van der Waals surface area contributed by atoms with Crippen LogP contribution in [0.5, 0.6) is 0 Å². The molecule has 0 saturated heterocycles. The average molecular weight is 167 g/mol. The maximum atomic E-state index is 9.11. The van der Waals surface area contributed by atoms with Gasteiger partial charge in [0.2, 0.25) is 0 Å². The Balaban J connectivity index is 3.31. The molecule has 2 atom stereocenters. The van der Waals surface area contributed by atoms with Crippen molar-refractivity contribution in [1.29, 1.82) is 0 Å². The molecule has 2 N–H and O–H groups in total. The fourth-order valence-electron chi connectivity index (χ4n) is 0.708. The van der Waals surface area contributed by atoms with E-state index in [9.17, 15) is 0 Å². The Bertz CT molecular complexity index is 78.0. The molecule has 0 radical (unpaired) electrons. The number of halogens is 1. The van der Waals surface area contributed by atoms with E-state index in [4.69, 9.17) is 21.8 Å². The summed E-state index contributed by atoms with van der Waals surface area (Å²) in [5.41, 5.74) is 0. The lowest BCUT2D eigenvalue weighted by atomic mass is 10.1. The number of rotatable bonds is 5. The number of unbranched alkanes of at least 4 members (excludes halogenated alkanes) is 1. The molecule has 0 aromatic rings. The molecular formula is C7H15ClO2. The van der Waals surface area contributed by atoms with Crippen LogP contribution in [0.3, 0.4) is 0 Å². The van der Waals surface area contributed by atoms with Gasteiger partial charge in [-0.25, -0.2) is 0 Å². The Labute approximate surface area is 66.8 Å². The van der Waals surface area contributed by atoms with Crippen LogP contribution in [0, 0.1) is 0 Å². The van der Waals surface area contributed by atoms with Crippen LogP contribution in [0.1, 0.15) is 26.2 Å². The topological polar surface area (TPSA) is 40.5 Å². The van der Waals surface area contributed by atoms with Gasteiger partial charge in [0, 0.05) is 0 Å². The van der Waals surface area contributed by atoms with Gasteiger partial charge in [-0.1, -0.05) is 19.8 Å². The Morgan fingerprint density at radius 3 is 2.30 bits per heavy atom. The van der Waals surface area contributed by atoms with Gasteiger partial charge in [0.1, 0.15) is 0 Å². The summed E-state index contributed by atoms with van der Waals surface area (Å²) in [5.74, 6) is 0.116. The van der Waals surface area contributed by atoms with Gasteiger partial charge in [-0.2, -0.15) is 0 Å². The molecule has 2 nitrogen and oxygen atoms in total. The molecule has 0 aliphatic rings. The van der Waals surface area contributed by atoms with E-state index in [0.717, 1.165) is 12.8 Å². The molecule has 0 amide bonds. The fourth-order valence-corrected chi connectivity index (χ4v) is 0.914. The van der Waals surface area contributed by atoms with Crippen LogP contribution in [-0.2, 0) is 0 Å². The van der Waals surface area contributed by atoms with Crippen molar-refractivity contribution in [2.24, 2.45) is 0 Å². The molecule has 0 fully saturated rings. The molecule has 0 aliphatic heterocycles. The van der Waals surface area contributed by atoms with Crippen molar-refractivity contribution < 1.29 is 10.2 Å². The molecule has 0 unspecified atom stereocenters. The van der Waals surface area contributed by atoms with E-state index in [1.807, 2.05) is 6.92 Å². The Morgan fingerprint density at radius 1 is 1.30 bits per heavy atom. The highest BCUT2D eigenvalue weighted by Gasteiger charge is 2.13. The minimum Gasteiger partial charge on any atom is -0.390 e. The summed E-state index contributed by atoms with van der Waals surface area (Å²) in [6, 6.07) is 0. The van der Waals surface area contributed by atoms with E-state index >= 15 is 0 Å². The minimum atomic E-state index is -0.756. The van der Waals surface area contributed by atoms with Crippen molar-refractivity contribution in [3.8, 4) is 0 Å². The predicted molar refractivity (Wildman–Crippen MR) is 42.3 cm³/mol. The van der Waals surface area contributed by atoms with Crippen molar-refractivity contribution in [1.82, 2.24) is 0 Å². The second-order valence-electron chi connectivity index (χ2n) is 2.43. The average Bonchev–Trinajstić information content (AvgIpc) is 1.98. The smallest absolute Gasteiger partial charge is 0.0933 e. The lowest BCUT2D eigenvalue weighted by Gasteiger charge is -2.13. The third-order valence-corrected chi connectivity index (χ3v) is 1.77. The lowest BCUT2D eigenvalue weighted by molar-refractivity contribution is 0.0270. The zero-order valence-corrected chi connectivity index (χ0v) is 7.01. The van der Waals surface area contributed by atoms with E-state index in [2.05, 4.69) is 0 Å². The molecule has 0 aliphatic carbocycles. The molecule has 0 aromatic carbocycles. The maximum absolute atomic E-state index is 9.11. The van der Waals surface area contributed by atoms with Crippen LogP contribution in [0.4, 0.5) is 0 Å². The Hall–Kier alpha value is 0.210. The molecule has 0 saturated carbocycles. The van der Waals surface area contributed by atoms with E-state index in [-0.39, 0.29) is 5.88 Å². The summed E-state index contributed by atoms with van der Waals surface area (Å²) in [7, 11) is 0. The first-order chi connectivity index (χ1) is 4.72. The van der Waals surface area contributed by atoms with Crippen LogP contribution in [0.2, 0.25) is 0 Å². The third-order valence-electron chi connectivity index (χ3n) is 1.46. The number of alkyl halides is 1. The summed E-state index contributed by atoms with van der Waals surface area (Å²) in [6.45, 7) is 2.04. The minimum absolute atomic E-state index is 0.116. The van der Waals surface area contributed by atoms with E-state index < -0.39 is 12.2 Å². The van der Waals surface area contributed by atoms with Crippen molar-refractivity contribution in [2.45, 2.75) is 38.4 Å². The second kappa shape index (κ2) is 5.96. The Kier molecular flexibility index (Phi) is 6.08. The van der Waals surface area contributed by atoms with Gasteiger partial charge < -0.3 is 10.2 Å². The SMILES string of the molecule is CCCC[C@@H](O)[C@H](O)CCl. The molecule has 3 heteroatoms. The van der Waals surface area contributed by atoms with Gasteiger partial charge in [0.25, 0.3) is 0 Å². The van der Waals surface area contributed by atoms with Gasteiger partial charge >= 0.3 is 0 Å². The molecular weight excluding hydrogens is 152 g/mol. The van der Waals surface area contributed by atoms with Gasteiger partial charge in [-0.05, 0) is 6.42 Å². The second-order valence-corrected chi connectivity index (χ2v) is 2.74. The fraction of sp³-hybridized carbons (Fsp3) is 1.00. The van der Waals surface area contributed by atoms with E-state index in [0.29, 0.717) is 6.42 Å². The monoisotopic (exact) mass is 166 g/mol. The van der Waals surface area contributed by atoms with Crippen LogP contribution >= 0.6 is 11.6 Å². The van der Waals surface area contributed by atoms with E-state index in [1.54, 1.807) is 0 Å². The standard InChI is InChI=1S/C7H15ClO2/c1-2-3-4-6(9)7(10)5-8/h6-7,9-10H,2-5H2,1H3/t6-,7-/m1/s1. The summed E-state index contributed by atoms with van der Waals surface area (Å²) in [6.07, 6.45) is 1.22. The number of hydrogen-bond acceptors (Lipinski definition) is 2. The lowest BCUT2D eigenvalue weighted by Crippen LogP contribution is -2.27. The maximum Gasteiger partial charge on any atom is 0.0933 e.